The van der Waals surface area contributed by atoms with Crippen molar-refractivity contribution in [3.05, 3.63) is 29.6 Å². The van der Waals surface area contributed by atoms with E-state index in [1.165, 1.54) is 6.07 Å². The van der Waals surface area contributed by atoms with Gasteiger partial charge in [0, 0.05) is 19.2 Å². The van der Waals surface area contributed by atoms with Gasteiger partial charge in [0.05, 0.1) is 5.69 Å². The smallest absolute Gasteiger partial charge is 0.150 e. The maximum absolute atomic E-state index is 13.6. The molecule has 0 radical (unpaired) electrons. The van der Waals surface area contributed by atoms with Gasteiger partial charge in [0.1, 0.15) is 12.1 Å². The fraction of sp³-hybridized carbons (Fsp3) is 0.462. The third-order valence-corrected chi connectivity index (χ3v) is 2.80. The standard InChI is InChI=1S/C13H18FNO/c1-4-10(2)8-15(3)13-6-5-11(9-16)7-12(13)14/h5-7,9-10H,4,8H2,1-3H3. The second-order valence-corrected chi connectivity index (χ2v) is 4.22. The fourth-order valence-electron chi connectivity index (χ4n) is 1.60. The van der Waals surface area contributed by atoms with Crippen molar-refractivity contribution < 1.29 is 9.18 Å². The largest absolute Gasteiger partial charge is 0.372 e. The van der Waals surface area contributed by atoms with Crippen molar-refractivity contribution in [3.63, 3.8) is 0 Å². The molecule has 3 heteroatoms. The predicted octanol–water partition coefficient (Wildman–Crippen LogP) is 3.12. The van der Waals surface area contributed by atoms with Gasteiger partial charge in [0.25, 0.3) is 0 Å². The molecule has 16 heavy (non-hydrogen) atoms. The van der Waals surface area contributed by atoms with Crippen LogP contribution in [0, 0.1) is 11.7 Å². The molecule has 0 spiro atoms. The summed E-state index contributed by atoms with van der Waals surface area (Å²) in [5.74, 6) is 0.186. The van der Waals surface area contributed by atoms with Crippen molar-refractivity contribution in [1.29, 1.82) is 0 Å². The van der Waals surface area contributed by atoms with Crippen molar-refractivity contribution in [2.24, 2.45) is 5.92 Å². The quantitative estimate of drug-likeness (QED) is 0.715. The highest BCUT2D eigenvalue weighted by Crippen LogP contribution is 2.20. The predicted molar refractivity (Wildman–Crippen MR) is 64.5 cm³/mol. The molecule has 1 unspecified atom stereocenters. The molecule has 0 bridgehead atoms. The van der Waals surface area contributed by atoms with Crippen LogP contribution in [0.2, 0.25) is 0 Å². The summed E-state index contributed by atoms with van der Waals surface area (Å²) in [5, 5.41) is 0. The van der Waals surface area contributed by atoms with E-state index in [1.807, 2.05) is 11.9 Å². The normalized spacial score (nSPS) is 12.2. The highest BCUT2D eigenvalue weighted by molar-refractivity contribution is 5.75. The minimum Gasteiger partial charge on any atom is -0.372 e. The van der Waals surface area contributed by atoms with Gasteiger partial charge in [-0.3, -0.25) is 4.79 Å². The third-order valence-electron chi connectivity index (χ3n) is 2.80. The molecule has 1 aromatic carbocycles. The number of benzene rings is 1. The zero-order valence-corrected chi connectivity index (χ0v) is 10.0. The van der Waals surface area contributed by atoms with Crippen molar-refractivity contribution in [2.45, 2.75) is 20.3 Å². The number of carbonyl (C=O) groups is 1. The molecule has 0 amide bonds. The minimum atomic E-state index is -0.338. The van der Waals surface area contributed by atoms with Crippen molar-refractivity contribution >= 4 is 12.0 Å². The van der Waals surface area contributed by atoms with Gasteiger partial charge in [-0.25, -0.2) is 4.39 Å². The van der Waals surface area contributed by atoms with E-state index in [4.69, 9.17) is 0 Å². The van der Waals surface area contributed by atoms with Crippen molar-refractivity contribution in [2.75, 3.05) is 18.5 Å². The number of nitrogens with zero attached hydrogens (tertiary/aromatic N) is 1. The number of anilines is 1. The van der Waals surface area contributed by atoms with E-state index in [0.717, 1.165) is 13.0 Å². The molecule has 0 aliphatic rings. The van der Waals surface area contributed by atoms with E-state index >= 15 is 0 Å². The Morgan fingerprint density at radius 1 is 1.50 bits per heavy atom. The number of aldehydes is 1. The molecule has 2 nitrogen and oxygen atoms in total. The van der Waals surface area contributed by atoms with Crippen LogP contribution in [-0.4, -0.2) is 19.9 Å². The first-order valence-corrected chi connectivity index (χ1v) is 5.54. The van der Waals surface area contributed by atoms with Gasteiger partial charge in [-0.15, -0.1) is 0 Å². The first-order chi connectivity index (χ1) is 7.58. The summed E-state index contributed by atoms with van der Waals surface area (Å²) in [5.41, 5.74) is 0.920. The lowest BCUT2D eigenvalue weighted by molar-refractivity contribution is 0.112. The summed E-state index contributed by atoms with van der Waals surface area (Å²) in [6, 6.07) is 4.56. The van der Waals surface area contributed by atoms with Crippen molar-refractivity contribution in [1.82, 2.24) is 0 Å². The minimum absolute atomic E-state index is 0.338. The maximum Gasteiger partial charge on any atom is 0.150 e. The van der Waals surface area contributed by atoms with Crippen LogP contribution in [0.4, 0.5) is 10.1 Å². The van der Waals surface area contributed by atoms with Crippen LogP contribution >= 0.6 is 0 Å². The summed E-state index contributed by atoms with van der Waals surface area (Å²) in [7, 11) is 1.87. The molecule has 0 aliphatic heterocycles. The average molecular weight is 223 g/mol. The van der Waals surface area contributed by atoms with Gasteiger partial charge >= 0.3 is 0 Å². The van der Waals surface area contributed by atoms with Crippen LogP contribution in [0.5, 0.6) is 0 Å². The number of rotatable bonds is 5. The number of halogens is 1. The Balaban J connectivity index is 2.83. The van der Waals surface area contributed by atoms with Crippen LogP contribution in [-0.2, 0) is 0 Å². The van der Waals surface area contributed by atoms with E-state index in [-0.39, 0.29) is 5.82 Å². The van der Waals surface area contributed by atoms with E-state index in [2.05, 4.69) is 13.8 Å². The van der Waals surface area contributed by atoms with E-state index in [1.54, 1.807) is 12.1 Å². The van der Waals surface area contributed by atoms with E-state index < -0.39 is 0 Å². The molecule has 1 aromatic rings. The molecule has 0 aromatic heterocycles. The average Bonchev–Trinajstić information content (AvgIpc) is 2.28. The van der Waals surface area contributed by atoms with Crippen LogP contribution in [0.3, 0.4) is 0 Å². The second kappa shape index (κ2) is 5.64. The summed E-state index contributed by atoms with van der Waals surface area (Å²) in [6.45, 7) is 5.06. The van der Waals surface area contributed by atoms with Gasteiger partial charge in [0.15, 0.2) is 0 Å². The molecule has 1 rings (SSSR count). The topological polar surface area (TPSA) is 20.3 Å². The molecule has 0 saturated heterocycles. The van der Waals surface area contributed by atoms with Gasteiger partial charge in [-0.05, 0) is 24.1 Å². The highest BCUT2D eigenvalue weighted by Gasteiger charge is 2.10. The van der Waals surface area contributed by atoms with E-state index in [9.17, 15) is 9.18 Å². The SMILES string of the molecule is CCC(C)CN(C)c1ccc(C=O)cc1F. The Bertz CT molecular complexity index is 365. The van der Waals surface area contributed by atoms with Gasteiger partial charge < -0.3 is 4.90 Å². The fourth-order valence-corrected chi connectivity index (χ4v) is 1.60. The Kier molecular flexibility index (Phi) is 4.47. The molecular weight excluding hydrogens is 205 g/mol. The van der Waals surface area contributed by atoms with Crippen LogP contribution in [0.25, 0.3) is 0 Å². The molecule has 0 heterocycles. The maximum atomic E-state index is 13.6. The van der Waals surface area contributed by atoms with Crippen molar-refractivity contribution in [3.8, 4) is 0 Å². The lowest BCUT2D eigenvalue weighted by atomic mass is 10.1. The molecule has 0 aliphatic carbocycles. The monoisotopic (exact) mass is 223 g/mol. The molecular formula is C13H18FNO. The molecule has 0 saturated carbocycles. The van der Waals surface area contributed by atoms with Crippen LogP contribution < -0.4 is 4.90 Å². The Labute approximate surface area is 96.1 Å². The van der Waals surface area contributed by atoms with Crippen LogP contribution in [0.1, 0.15) is 30.6 Å². The van der Waals surface area contributed by atoms with Gasteiger partial charge in [0.2, 0.25) is 0 Å². The first kappa shape index (κ1) is 12.7. The molecule has 0 N–H and O–H groups in total. The third kappa shape index (κ3) is 3.05. The molecule has 1 atom stereocenters. The Morgan fingerprint density at radius 2 is 2.19 bits per heavy atom. The summed E-state index contributed by atoms with van der Waals surface area (Å²) in [4.78, 5) is 12.4. The summed E-state index contributed by atoms with van der Waals surface area (Å²) >= 11 is 0. The summed E-state index contributed by atoms with van der Waals surface area (Å²) in [6.07, 6.45) is 1.72. The van der Waals surface area contributed by atoms with Crippen LogP contribution in [0.15, 0.2) is 18.2 Å². The zero-order valence-electron chi connectivity index (χ0n) is 10.0. The molecule has 88 valence electrons. The lowest BCUT2D eigenvalue weighted by Crippen LogP contribution is -2.24. The van der Waals surface area contributed by atoms with Gasteiger partial charge in [-0.1, -0.05) is 20.3 Å². The first-order valence-electron chi connectivity index (χ1n) is 5.54. The number of hydrogen-bond donors (Lipinski definition) is 0. The van der Waals surface area contributed by atoms with Gasteiger partial charge in [-0.2, -0.15) is 0 Å². The lowest BCUT2D eigenvalue weighted by Gasteiger charge is -2.23. The number of hydrogen-bond acceptors (Lipinski definition) is 2. The molecule has 0 fully saturated rings. The number of carbonyl (C=O) groups excluding carboxylic acids is 1. The van der Waals surface area contributed by atoms with E-state index in [0.29, 0.717) is 23.5 Å². The second-order valence-electron chi connectivity index (χ2n) is 4.22. The highest BCUT2D eigenvalue weighted by atomic mass is 19.1. The Hall–Kier alpha value is -1.38. The zero-order chi connectivity index (χ0) is 12.1. The summed E-state index contributed by atoms with van der Waals surface area (Å²) < 4.78 is 13.6. The Morgan fingerprint density at radius 3 is 2.69 bits per heavy atom.